The Bertz CT molecular complexity index is 509. The van der Waals surface area contributed by atoms with Crippen molar-refractivity contribution in [1.82, 2.24) is 10.2 Å². The molecule has 122 valence electrons. The number of rotatable bonds is 6. The molecule has 2 rings (SSSR count). The molecule has 1 aliphatic heterocycles. The molecular weight excluding hydrogens is 323 g/mol. The highest BCUT2D eigenvalue weighted by Crippen LogP contribution is 2.27. The maximum atomic E-state index is 12.2. The second-order valence-electron chi connectivity index (χ2n) is 5.58. The van der Waals surface area contributed by atoms with Gasteiger partial charge in [-0.1, -0.05) is 23.2 Å². The second kappa shape index (κ2) is 8.61. The predicted molar refractivity (Wildman–Crippen MR) is 89.8 cm³/mol. The molecule has 0 unspecified atom stereocenters. The maximum absolute atomic E-state index is 12.2. The fourth-order valence-electron chi connectivity index (χ4n) is 2.75. The van der Waals surface area contributed by atoms with Crippen LogP contribution in [0.4, 0.5) is 0 Å². The monoisotopic (exact) mass is 344 g/mol. The average molecular weight is 345 g/mol. The van der Waals surface area contributed by atoms with Gasteiger partial charge in [-0.25, -0.2) is 0 Å². The van der Waals surface area contributed by atoms with E-state index in [0.717, 1.165) is 26.1 Å². The Morgan fingerprint density at radius 3 is 3.00 bits per heavy atom. The summed E-state index contributed by atoms with van der Waals surface area (Å²) in [6.07, 6.45) is 2.62. The lowest BCUT2D eigenvalue weighted by Crippen LogP contribution is -2.42. The lowest BCUT2D eigenvalue weighted by molar-refractivity contribution is -0.133. The second-order valence-corrected chi connectivity index (χ2v) is 6.42. The molecule has 1 N–H and O–H groups in total. The van der Waals surface area contributed by atoms with Gasteiger partial charge in [0, 0.05) is 18.1 Å². The molecule has 1 aromatic rings. The number of carbonyl (C=O) groups excluding carboxylic acids is 1. The van der Waals surface area contributed by atoms with Crippen molar-refractivity contribution in [3.8, 4) is 5.75 Å². The fourth-order valence-corrected chi connectivity index (χ4v) is 3.21. The highest BCUT2D eigenvalue weighted by atomic mass is 35.5. The third-order valence-corrected chi connectivity index (χ3v) is 4.36. The summed E-state index contributed by atoms with van der Waals surface area (Å²) in [5.41, 5.74) is 0. The van der Waals surface area contributed by atoms with Gasteiger partial charge < -0.3 is 15.0 Å². The average Bonchev–Trinajstić information content (AvgIpc) is 2.50. The Morgan fingerprint density at radius 2 is 2.27 bits per heavy atom. The zero-order valence-electron chi connectivity index (χ0n) is 12.8. The third-order valence-electron chi connectivity index (χ3n) is 3.83. The number of ether oxygens (including phenoxy) is 1. The van der Waals surface area contributed by atoms with E-state index in [1.807, 2.05) is 11.9 Å². The Kier molecular flexibility index (Phi) is 6.80. The SMILES string of the molecule is CNC[C@@H]1CCCN(C(=O)CCOc2ccc(Cl)cc2Cl)C1. The van der Waals surface area contributed by atoms with E-state index in [2.05, 4.69) is 5.32 Å². The summed E-state index contributed by atoms with van der Waals surface area (Å²) >= 11 is 11.9. The van der Waals surface area contributed by atoms with Gasteiger partial charge in [-0.15, -0.1) is 0 Å². The van der Waals surface area contributed by atoms with Crippen LogP contribution in [0, 0.1) is 5.92 Å². The molecule has 0 radical (unpaired) electrons. The van der Waals surface area contributed by atoms with Crippen molar-refractivity contribution in [2.45, 2.75) is 19.3 Å². The summed E-state index contributed by atoms with van der Waals surface area (Å²) in [6, 6.07) is 5.07. The molecule has 0 bridgehead atoms. The molecule has 0 aliphatic carbocycles. The first-order chi connectivity index (χ1) is 10.6. The van der Waals surface area contributed by atoms with Crippen molar-refractivity contribution in [2.24, 2.45) is 5.92 Å². The smallest absolute Gasteiger partial charge is 0.226 e. The number of nitrogens with zero attached hydrogens (tertiary/aromatic N) is 1. The minimum Gasteiger partial charge on any atom is -0.491 e. The molecule has 6 heteroatoms. The Balaban J connectivity index is 1.77. The summed E-state index contributed by atoms with van der Waals surface area (Å²) in [4.78, 5) is 14.2. The molecule has 22 heavy (non-hydrogen) atoms. The number of likely N-dealkylation sites (tertiary alicyclic amines) is 1. The van der Waals surface area contributed by atoms with E-state index in [4.69, 9.17) is 27.9 Å². The van der Waals surface area contributed by atoms with Gasteiger partial charge >= 0.3 is 0 Å². The van der Waals surface area contributed by atoms with E-state index in [1.54, 1.807) is 18.2 Å². The van der Waals surface area contributed by atoms with Crippen molar-refractivity contribution >= 4 is 29.1 Å². The molecule has 1 atom stereocenters. The van der Waals surface area contributed by atoms with Gasteiger partial charge in [-0.3, -0.25) is 4.79 Å². The van der Waals surface area contributed by atoms with Crippen LogP contribution in [-0.2, 0) is 4.79 Å². The number of halogens is 2. The molecular formula is C16H22Cl2N2O2. The van der Waals surface area contributed by atoms with E-state index < -0.39 is 0 Å². The van der Waals surface area contributed by atoms with Gasteiger partial charge in [0.25, 0.3) is 0 Å². The summed E-state index contributed by atoms with van der Waals surface area (Å²) in [7, 11) is 1.95. The predicted octanol–water partition coefficient (Wildman–Crippen LogP) is 3.22. The normalized spacial score (nSPS) is 18.3. The number of piperidine rings is 1. The van der Waals surface area contributed by atoms with E-state index in [1.165, 1.54) is 6.42 Å². The van der Waals surface area contributed by atoms with Crippen LogP contribution >= 0.6 is 23.2 Å². The molecule has 1 heterocycles. The Labute approximate surface area is 141 Å². The maximum Gasteiger partial charge on any atom is 0.226 e. The molecule has 1 amide bonds. The van der Waals surface area contributed by atoms with E-state index in [9.17, 15) is 4.79 Å². The molecule has 4 nitrogen and oxygen atoms in total. The van der Waals surface area contributed by atoms with E-state index in [0.29, 0.717) is 34.7 Å². The van der Waals surface area contributed by atoms with Crippen LogP contribution in [0.25, 0.3) is 0 Å². The van der Waals surface area contributed by atoms with Crippen LogP contribution in [0.5, 0.6) is 5.75 Å². The summed E-state index contributed by atoms with van der Waals surface area (Å²) in [5.74, 6) is 1.26. The number of benzene rings is 1. The fraction of sp³-hybridized carbons (Fsp3) is 0.562. The van der Waals surface area contributed by atoms with Crippen LogP contribution in [0.3, 0.4) is 0 Å². The van der Waals surface area contributed by atoms with Crippen molar-refractivity contribution in [2.75, 3.05) is 33.3 Å². The quantitative estimate of drug-likeness (QED) is 0.861. The first kappa shape index (κ1) is 17.4. The standard InChI is InChI=1S/C16H22Cl2N2O2/c1-19-10-12-3-2-7-20(11-12)16(21)6-8-22-15-5-4-13(17)9-14(15)18/h4-5,9,12,19H,2-3,6-8,10-11H2,1H3/t12-/m0/s1. The van der Waals surface area contributed by atoms with Crippen molar-refractivity contribution < 1.29 is 9.53 Å². The van der Waals surface area contributed by atoms with E-state index in [-0.39, 0.29) is 5.91 Å². The summed E-state index contributed by atoms with van der Waals surface area (Å²) in [5, 5.41) is 4.22. The van der Waals surface area contributed by atoms with Crippen molar-refractivity contribution in [1.29, 1.82) is 0 Å². The van der Waals surface area contributed by atoms with Crippen LogP contribution in [0.1, 0.15) is 19.3 Å². The van der Waals surface area contributed by atoms with Crippen LogP contribution in [0.2, 0.25) is 10.0 Å². The number of hydrogen-bond acceptors (Lipinski definition) is 3. The summed E-state index contributed by atoms with van der Waals surface area (Å²) < 4.78 is 5.58. The Morgan fingerprint density at radius 1 is 1.45 bits per heavy atom. The zero-order valence-corrected chi connectivity index (χ0v) is 14.3. The first-order valence-corrected chi connectivity index (χ1v) is 8.36. The van der Waals surface area contributed by atoms with Gasteiger partial charge in [-0.2, -0.15) is 0 Å². The lowest BCUT2D eigenvalue weighted by Gasteiger charge is -2.32. The van der Waals surface area contributed by atoms with E-state index >= 15 is 0 Å². The molecule has 0 spiro atoms. The van der Waals surface area contributed by atoms with Gasteiger partial charge in [0.2, 0.25) is 5.91 Å². The van der Waals surface area contributed by atoms with Crippen molar-refractivity contribution in [3.05, 3.63) is 28.2 Å². The summed E-state index contributed by atoms with van der Waals surface area (Å²) in [6.45, 7) is 2.97. The number of nitrogens with one attached hydrogen (secondary N) is 1. The first-order valence-electron chi connectivity index (χ1n) is 7.60. The molecule has 1 fully saturated rings. The molecule has 0 aromatic heterocycles. The van der Waals surface area contributed by atoms with Crippen LogP contribution < -0.4 is 10.1 Å². The number of amides is 1. The van der Waals surface area contributed by atoms with Gasteiger partial charge in [0.1, 0.15) is 5.75 Å². The van der Waals surface area contributed by atoms with Gasteiger partial charge in [-0.05, 0) is 50.6 Å². The zero-order chi connectivity index (χ0) is 15.9. The minimum absolute atomic E-state index is 0.144. The van der Waals surface area contributed by atoms with Crippen LogP contribution in [-0.4, -0.2) is 44.1 Å². The van der Waals surface area contributed by atoms with Crippen LogP contribution in [0.15, 0.2) is 18.2 Å². The Hall–Kier alpha value is -0.970. The molecule has 1 aromatic carbocycles. The highest BCUT2D eigenvalue weighted by molar-refractivity contribution is 6.35. The van der Waals surface area contributed by atoms with Gasteiger partial charge in [0.15, 0.2) is 0 Å². The molecule has 1 saturated heterocycles. The van der Waals surface area contributed by atoms with Crippen molar-refractivity contribution in [3.63, 3.8) is 0 Å². The topological polar surface area (TPSA) is 41.6 Å². The minimum atomic E-state index is 0.144. The highest BCUT2D eigenvalue weighted by Gasteiger charge is 2.22. The number of hydrogen-bond donors (Lipinski definition) is 1. The van der Waals surface area contributed by atoms with Gasteiger partial charge in [0.05, 0.1) is 18.1 Å². The molecule has 0 saturated carbocycles. The number of carbonyl (C=O) groups is 1. The molecule has 1 aliphatic rings. The third kappa shape index (κ3) is 5.04. The largest absolute Gasteiger partial charge is 0.491 e. The lowest BCUT2D eigenvalue weighted by atomic mass is 9.98.